The van der Waals surface area contributed by atoms with E-state index in [0.717, 1.165) is 43.8 Å². The van der Waals surface area contributed by atoms with E-state index in [1.807, 2.05) is 60.7 Å². The maximum absolute atomic E-state index is 11.9. The van der Waals surface area contributed by atoms with Crippen LogP contribution in [0, 0.1) is 0 Å². The van der Waals surface area contributed by atoms with Crippen LogP contribution in [0.15, 0.2) is 142 Å². The highest BCUT2D eigenvalue weighted by atomic mass is 32.2. The van der Waals surface area contributed by atoms with Gasteiger partial charge < -0.3 is 9.84 Å². The minimum atomic E-state index is -3.28. The summed E-state index contributed by atoms with van der Waals surface area (Å²) >= 11 is 1.63. The number of aliphatic carboxylic acids is 1. The van der Waals surface area contributed by atoms with E-state index in [2.05, 4.69) is 6.08 Å². The molecule has 47 heavy (non-hydrogen) atoms. The van der Waals surface area contributed by atoms with Crippen LogP contribution in [0.25, 0.3) is 27.8 Å². The van der Waals surface area contributed by atoms with Gasteiger partial charge in [0.05, 0.1) is 9.79 Å². The predicted octanol–water partition coefficient (Wildman–Crippen LogP) is 7.52. The molecule has 0 unspecified atom stereocenters. The lowest BCUT2D eigenvalue weighted by Crippen LogP contribution is -2.09. The van der Waals surface area contributed by atoms with Gasteiger partial charge in [0.1, 0.15) is 5.75 Å². The molecular weight excluding hydrogens is 653 g/mol. The third-order valence-electron chi connectivity index (χ3n) is 7.35. The Labute approximate surface area is 279 Å². The van der Waals surface area contributed by atoms with Gasteiger partial charge in [-0.1, -0.05) is 78.9 Å². The van der Waals surface area contributed by atoms with Crippen molar-refractivity contribution in [2.24, 2.45) is 0 Å². The van der Waals surface area contributed by atoms with Crippen molar-refractivity contribution < 1.29 is 31.5 Å². The van der Waals surface area contributed by atoms with Crippen molar-refractivity contribution in [1.29, 1.82) is 0 Å². The molecule has 0 saturated carbocycles. The van der Waals surface area contributed by atoms with Gasteiger partial charge in [-0.2, -0.15) is 0 Å². The fraction of sp³-hybridized carbons (Fsp3) is 0.108. The van der Waals surface area contributed by atoms with Crippen LogP contribution in [-0.4, -0.2) is 52.8 Å². The first-order valence-corrected chi connectivity index (χ1v) is 19.2. The van der Waals surface area contributed by atoms with Crippen LogP contribution >= 0.6 is 11.8 Å². The van der Waals surface area contributed by atoms with Crippen LogP contribution < -0.4 is 4.74 Å². The van der Waals surface area contributed by atoms with Gasteiger partial charge in [-0.15, -0.1) is 11.8 Å². The van der Waals surface area contributed by atoms with Gasteiger partial charge in [-0.25, -0.2) is 21.6 Å². The van der Waals surface area contributed by atoms with E-state index in [1.54, 1.807) is 72.4 Å². The molecule has 0 fully saturated rings. The van der Waals surface area contributed by atoms with Gasteiger partial charge in [0.25, 0.3) is 0 Å². The highest BCUT2D eigenvalue weighted by Crippen LogP contribution is 2.31. The molecule has 10 heteroatoms. The molecule has 0 spiro atoms. The lowest BCUT2D eigenvalue weighted by Gasteiger charge is -2.12. The molecule has 0 bridgehead atoms. The number of carboxylic acid groups (broad SMARTS) is 1. The van der Waals surface area contributed by atoms with Crippen molar-refractivity contribution in [2.45, 2.75) is 14.7 Å². The molecule has 0 heterocycles. The summed E-state index contributed by atoms with van der Waals surface area (Å²) in [5.74, 6) is 0.121. The van der Waals surface area contributed by atoms with E-state index >= 15 is 0 Å². The molecule has 0 saturated heterocycles. The number of hydrogen-bond acceptors (Lipinski definition) is 7. The van der Waals surface area contributed by atoms with Crippen LogP contribution in [0.2, 0.25) is 0 Å². The summed E-state index contributed by atoms with van der Waals surface area (Å²) in [4.78, 5) is 12.3. The normalized spacial score (nSPS) is 11.5. The molecule has 0 aromatic heterocycles. The minimum absolute atomic E-state index is 0.276. The molecule has 5 aromatic rings. The molecule has 0 atom stereocenters. The number of benzene rings is 5. The van der Waals surface area contributed by atoms with E-state index in [-0.39, 0.29) is 9.79 Å². The van der Waals surface area contributed by atoms with Gasteiger partial charge in [-0.05, 0) is 87.5 Å². The van der Waals surface area contributed by atoms with E-state index in [1.165, 1.54) is 12.5 Å². The van der Waals surface area contributed by atoms with Crippen molar-refractivity contribution >= 4 is 43.0 Å². The smallest absolute Gasteiger partial charge is 0.341 e. The Balaban J connectivity index is 1.40. The lowest BCUT2D eigenvalue weighted by molar-refractivity contribution is -0.139. The highest BCUT2D eigenvalue weighted by Gasteiger charge is 2.11. The quantitative estimate of drug-likeness (QED) is 0.134. The van der Waals surface area contributed by atoms with Crippen molar-refractivity contribution in [1.82, 2.24) is 0 Å². The summed E-state index contributed by atoms with van der Waals surface area (Å²) in [5, 5.41) is 8.83. The Hall–Kier alpha value is -4.64. The van der Waals surface area contributed by atoms with E-state index in [4.69, 9.17) is 9.84 Å². The maximum Gasteiger partial charge on any atom is 0.341 e. The fourth-order valence-electron chi connectivity index (χ4n) is 4.87. The lowest BCUT2D eigenvalue weighted by atomic mass is 9.94. The first-order chi connectivity index (χ1) is 22.4. The molecule has 240 valence electrons. The molecule has 0 aliphatic carbocycles. The van der Waals surface area contributed by atoms with Crippen molar-refractivity contribution in [3.8, 4) is 28.0 Å². The molecular formula is C37H32O7S3. The van der Waals surface area contributed by atoms with Gasteiger partial charge >= 0.3 is 5.97 Å². The number of carboxylic acids is 1. The van der Waals surface area contributed by atoms with E-state index in [9.17, 15) is 21.6 Å². The summed E-state index contributed by atoms with van der Waals surface area (Å²) in [7, 11) is -6.56. The summed E-state index contributed by atoms with van der Waals surface area (Å²) in [6.45, 7) is -0.395. The Bertz CT molecular complexity index is 1980. The summed E-state index contributed by atoms with van der Waals surface area (Å²) in [6.07, 6.45) is 4.54. The zero-order chi connectivity index (χ0) is 33.6. The van der Waals surface area contributed by atoms with Crippen LogP contribution in [0.4, 0.5) is 0 Å². The summed E-state index contributed by atoms with van der Waals surface area (Å²) in [6, 6.07) is 37.2. The van der Waals surface area contributed by atoms with Gasteiger partial charge in [0, 0.05) is 23.2 Å². The Morgan fingerprint density at radius 3 is 1.36 bits per heavy atom. The van der Waals surface area contributed by atoms with Crippen LogP contribution in [0.3, 0.4) is 0 Å². The monoisotopic (exact) mass is 684 g/mol. The second-order valence-electron chi connectivity index (χ2n) is 10.8. The zero-order valence-corrected chi connectivity index (χ0v) is 28.1. The Kier molecular flexibility index (Phi) is 10.3. The number of thioether (sulfide) groups is 1. The third kappa shape index (κ3) is 9.00. The first-order valence-electron chi connectivity index (χ1n) is 14.5. The Morgan fingerprint density at radius 2 is 1.00 bits per heavy atom. The average Bonchev–Trinajstić information content (AvgIpc) is 3.06. The molecule has 1 N–H and O–H groups in total. The third-order valence-corrected chi connectivity index (χ3v) is 10.5. The van der Waals surface area contributed by atoms with Crippen LogP contribution in [0.5, 0.6) is 5.75 Å². The summed E-state index contributed by atoms with van der Waals surface area (Å²) < 4.78 is 52.7. The molecule has 5 rings (SSSR count). The SMILES string of the molecule is CS(=O)(=O)c1ccc(-c2ccc(C(=CCSc3ccc(OCC(=O)O)cc3)c3ccc(-c4ccc(S(C)(=O)=O)cc4)cc3)cc2)cc1. The average molecular weight is 685 g/mol. The van der Waals surface area contributed by atoms with Crippen LogP contribution in [0.1, 0.15) is 11.1 Å². The highest BCUT2D eigenvalue weighted by molar-refractivity contribution is 7.99. The van der Waals surface area contributed by atoms with Crippen LogP contribution in [-0.2, 0) is 24.5 Å². The largest absolute Gasteiger partial charge is 0.482 e. The van der Waals surface area contributed by atoms with E-state index in [0.29, 0.717) is 11.5 Å². The number of sulfone groups is 2. The number of carbonyl (C=O) groups is 1. The zero-order valence-electron chi connectivity index (χ0n) is 25.7. The number of rotatable bonds is 12. The Morgan fingerprint density at radius 1 is 0.617 bits per heavy atom. The van der Waals surface area contributed by atoms with Crippen molar-refractivity contribution in [2.75, 3.05) is 24.9 Å². The molecule has 0 aliphatic heterocycles. The van der Waals surface area contributed by atoms with E-state index < -0.39 is 32.3 Å². The fourth-order valence-corrected chi connectivity index (χ4v) is 6.91. The van der Waals surface area contributed by atoms with Gasteiger partial charge in [-0.3, -0.25) is 0 Å². The standard InChI is InChI=1S/C37H32O7S3/c1-46(40,41)34-19-11-28(12-20-34)26-3-7-30(8-4-26)36(23-24-45-33-17-15-32(16-18-33)44-25-37(38)39)31-9-5-27(6-10-31)29-13-21-35(22-14-29)47(2,42)43/h3-23H,24-25H2,1-2H3,(H,38,39). The molecule has 0 amide bonds. The topological polar surface area (TPSA) is 115 Å². The number of ether oxygens (including phenoxy) is 1. The van der Waals surface area contributed by atoms with Gasteiger partial charge in [0.15, 0.2) is 26.3 Å². The molecule has 0 aliphatic rings. The van der Waals surface area contributed by atoms with Crippen molar-refractivity contribution in [3.63, 3.8) is 0 Å². The maximum atomic E-state index is 11.9. The number of hydrogen-bond donors (Lipinski definition) is 1. The molecule has 5 aromatic carbocycles. The second-order valence-corrected chi connectivity index (χ2v) is 16.0. The minimum Gasteiger partial charge on any atom is -0.482 e. The van der Waals surface area contributed by atoms with Gasteiger partial charge in [0.2, 0.25) is 0 Å². The predicted molar refractivity (Wildman–Crippen MR) is 187 cm³/mol. The summed E-state index contributed by atoms with van der Waals surface area (Å²) in [5.41, 5.74) is 6.77. The first kappa shape index (κ1) is 33.7. The van der Waals surface area contributed by atoms with Crippen molar-refractivity contribution in [3.05, 3.63) is 139 Å². The second kappa shape index (κ2) is 14.4. The molecule has 7 nitrogen and oxygen atoms in total. The molecule has 0 radical (unpaired) electrons.